The van der Waals surface area contributed by atoms with E-state index in [1.165, 1.54) is 11.1 Å². The molecule has 1 aromatic rings. The normalized spacial score (nSPS) is 19.3. The van der Waals surface area contributed by atoms with Crippen LogP contribution in [0.5, 0.6) is 5.75 Å². The second-order valence-corrected chi connectivity index (χ2v) is 4.56. The Labute approximate surface area is 102 Å². The van der Waals surface area contributed by atoms with Gasteiger partial charge in [-0.05, 0) is 43.5 Å². The molecule has 0 spiro atoms. The summed E-state index contributed by atoms with van der Waals surface area (Å²) >= 11 is 0. The maximum Gasteiger partial charge on any atom is 0.175 e. The van der Waals surface area contributed by atoms with E-state index in [9.17, 15) is 4.79 Å². The fourth-order valence-electron chi connectivity index (χ4n) is 1.86. The number of hydrogen-bond donors (Lipinski definition) is 0. The average molecular weight is 234 g/mol. The monoisotopic (exact) mass is 234 g/mol. The van der Waals surface area contributed by atoms with E-state index < -0.39 is 0 Å². The van der Waals surface area contributed by atoms with Gasteiger partial charge >= 0.3 is 0 Å². The van der Waals surface area contributed by atoms with Crippen molar-refractivity contribution in [3.05, 3.63) is 29.3 Å². The molecule has 1 atom stereocenters. The molecule has 1 saturated heterocycles. The highest BCUT2D eigenvalue weighted by atomic mass is 16.5. The molecule has 1 heterocycles. The van der Waals surface area contributed by atoms with Crippen molar-refractivity contribution in [2.24, 2.45) is 5.92 Å². The Morgan fingerprint density at radius 2 is 2.24 bits per heavy atom. The van der Waals surface area contributed by atoms with Crippen molar-refractivity contribution in [2.45, 2.75) is 20.3 Å². The Morgan fingerprint density at radius 3 is 2.88 bits per heavy atom. The third-order valence-electron chi connectivity index (χ3n) is 3.24. The fraction of sp³-hybridized carbons (Fsp3) is 0.500. The first-order chi connectivity index (χ1) is 8.16. The van der Waals surface area contributed by atoms with E-state index in [1.54, 1.807) is 0 Å². The van der Waals surface area contributed by atoms with Crippen LogP contribution in [0.25, 0.3) is 0 Å². The van der Waals surface area contributed by atoms with Crippen molar-refractivity contribution in [3.63, 3.8) is 0 Å². The van der Waals surface area contributed by atoms with E-state index in [4.69, 9.17) is 9.47 Å². The zero-order valence-corrected chi connectivity index (χ0v) is 10.4. The first-order valence-electron chi connectivity index (χ1n) is 5.97. The third-order valence-corrected chi connectivity index (χ3v) is 3.24. The molecule has 3 heteroatoms. The molecule has 0 aliphatic carbocycles. The second kappa shape index (κ2) is 5.32. The number of carbonyl (C=O) groups excluding carboxylic acids is 1. The number of ether oxygens (including phenoxy) is 2. The number of aryl methyl sites for hydroxylation is 2. The van der Waals surface area contributed by atoms with Gasteiger partial charge in [0, 0.05) is 12.5 Å². The van der Waals surface area contributed by atoms with Gasteiger partial charge in [-0.3, -0.25) is 4.79 Å². The number of hydrogen-bond acceptors (Lipinski definition) is 3. The van der Waals surface area contributed by atoms with Gasteiger partial charge in [0.15, 0.2) is 5.78 Å². The number of rotatable bonds is 4. The van der Waals surface area contributed by atoms with Crippen molar-refractivity contribution in [1.82, 2.24) is 0 Å². The van der Waals surface area contributed by atoms with Crippen LogP contribution in [-0.2, 0) is 9.53 Å². The van der Waals surface area contributed by atoms with Crippen LogP contribution in [0.1, 0.15) is 17.5 Å². The minimum Gasteiger partial charge on any atom is -0.486 e. The second-order valence-electron chi connectivity index (χ2n) is 4.56. The van der Waals surface area contributed by atoms with Gasteiger partial charge in [-0.25, -0.2) is 0 Å². The molecule has 0 bridgehead atoms. The van der Waals surface area contributed by atoms with Gasteiger partial charge in [0.1, 0.15) is 12.4 Å². The molecule has 0 aromatic heterocycles. The highest BCUT2D eigenvalue weighted by Crippen LogP contribution is 2.18. The zero-order chi connectivity index (χ0) is 12.3. The molecular formula is C14H18O3. The number of ketones is 1. The molecule has 0 amide bonds. The van der Waals surface area contributed by atoms with Crippen LogP contribution >= 0.6 is 0 Å². The predicted octanol–water partition coefficient (Wildman–Crippen LogP) is 2.29. The smallest absolute Gasteiger partial charge is 0.175 e. The Morgan fingerprint density at radius 1 is 1.41 bits per heavy atom. The molecule has 2 rings (SSSR count). The molecule has 1 aliphatic heterocycles. The Hall–Kier alpha value is -1.35. The first-order valence-corrected chi connectivity index (χ1v) is 5.97. The SMILES string of the molecule is Cc1ccc(OCC(=O)C2CCOC2)cc1C. The third kappa shape index (κ3) is 3.07. The van der Waals surface area contributed by atoms with Gasteiger partial charge in [0.25, 0.3) is 0 Å². The summed E-state index contributed by atoms with van der Waals surface area (Å²) in [7, 11) is 0. The van der Waals surface area contributed by atoms with E-state index in [2.05, 4.69) is 6.92 Å². The van der Waals surface area contributed by atoms with Crippen LogP contribution in [0, 0.1) is 19.8 Å². The summed E-state index contributed by atoms with van der Waals surface area (Å²) in [5.74, 6) is 0.933. The molecule has 0 radical (unpaired) electrons. The van der Waals surface area contributed by atoms with Gasteiger partial charge in [-0.2, -0.15) is 0 Å². The van der Waals surface area contributed by atoms with Gasteiger partial charge in [-0.1, -0.05) is 6.07 Å². The molecule has 1 aliphatic rings. The lowest BCUT2D eigenvalue weighted by Gasteiger charge is -2.10. The summed E-state index contributed by atoms with van der Waals surface area (Å²) in [6, 6.07) is 5.88. The lowest BCUT2D eigenvalue weighted by Crippen LogP contribution is -2.21. The van der Waals surface area contributed by atoms with E-state index in [0.717, 1.165) is 12.2 Å². The Kier molecular flexibility index (Phi) is 3.79. The molecule has 1 unspecified atom stereocenters. The predicted molar refractivity (Wildman–Crippen MR) is 65.3 cm³/mol. The van der Waals surface area contributed by atoms with Crippen LogP contribution in [0.4, 0.5) is 0 Å². The minimum absolute atomic E-state index is 0.0292. The molecular weight excluding hydrogens is 216 g/mol. The summed E-state index contributed by atoms with van der Waals surface area (Å²) in [6.07, 6.45) is 0.828. The van der Waals surface area contributed by atoms with E-state index in [1.807, 2.05) is 25.1 Å². The maximum absolute atomic E-state index is 11.8. The van der Waals surface area contributed by atoms with Crippen LogP contribution in [0.3, 0.4) is 0 Å². The zero-order valence-electron chi connectivity index (χ0n) is 10.4. The molecule has 17 heavy (non-hydrogen) atoms. The van der Waals surface area contributed by atoms with Crippen molar-refractivity contribution >= 4 is 5.78 Å². The topological polar surface area (TPSA) is 35.5 Å². The van der Waals surface area contributed by atoms with Gasteiger partial charge in [-0.15, -0.1) is 0 Å². The largest absolute Gasteiger partial charge is 0.486 e. The standard InChI is InChI=1S/C14H18O3/c1-10-3-4-13(7-11(10)2)17-9-14(15)12-5-6-16-8-12/h3-4,7,12H,5-6,8-9H2,1-2H3. The van der Waals surface area contributed by atoms with Gasteiger partial charge in [0.2, 0.25) is 0 Å². The minimum atomic E-state index is 0.0292. The van der Waals surface area contributed by atoms with E-state index in [0.29, 0.717) is 13.2 Å². The maximum atomic E-state index is 11.8. The summed E-state index contributed by atoms with van der Waals surface area (Å²) in [5, 5.41) is 0. The summed E-state index contributed by atoms with van der Waals surface area (Å²) in [6.45, 7) is 5.49. The van der Waals surface area contributed by atoms with Crippen LogP contribution in [0.15, 0.2) is 18.2 Å². The summed E-state index contributed by atoms with van der Waals surface area (Å²) < 4.78 is 10.7. The highest BCUT2D eigenvalue weighted by molar-refractivity contribution is 5.82. The Bertz CT molecular complexity index is 406. The van der Waals surface area contributed by atoms with E-state index in [-0.39, 0.29) is 18.3 Å². The summed E-state index contributed by atoms with van der Waals surface area (Å²) in [4.78, 5) is 11.8. The molecule has 1 fully saturated rings. The van der Waals surface area contributed by atoms with Gasteiger partial charge in [0.05, 0.1) is 6.61 Å². The summed E-state index contributed by atoms with van der Waals surface area (Å²) in [5.41, 5.74) is 2.41. The number of benzene rings is 1. The van der Waals surface area contributed by atoms with Crippen molar-refractivity contribution < 1.29 is 14.3 Å². The molecule has 3 nitrogen and oxygen atoms in total. The Balaban J connectivity index is 1.88. The van der Waals surface area contributed by atoms with Crippen molar-refractivity contribution in [3.8, 4) is 5.75 Å². The lowest BCUT2D eigenvalue weighted by atomic mass is 10.0. The molecule has 92 valence electrons. The van der Waals surface area contributed by atoms with Crippen LogP contribution in [0.2, 0.25) is 0 Å². The van der Waals surface area contributed by atoms with Crippen LogP contribution in [-0.4, -0.2) is 25.6 Å². The van der Waals surface area contributed by atoms with Crippen LogP contribution < -0.4 is 4.74 Å². The number of Topliss-reactive ketones (excluding diaryl/α,β-unsaturated/α-hetero) is 1. The van der Waals surface area contributed by atoms with E-state index >= 15 is 0 Å². The average Bonchev–Trinajstić information content (AvgIpc) is 2.84. The lowest BCUT2D eigenvalue weighted by molar-refractivity contribution is -0.124. The first kappa shape index (κ1) is 12.1. The molecule has 0 N–H and O–H groups in total. The van der Waals surface area contributed by atoms with Crippen molar-refractivity contribution in [1.29, 1.82) is 0 Å². The fourth-order valence-corrected chi connectivity index (χ4v) is 1.86. The molecule has 0 saturated carbocycles. The van der Waals surface area contributed by atoms with Crippen molar-refractivity contribution in [2.75, 3.05) is 19.8 Å². The quantitative estimate of drug-likeness (QED) is 0.801. The number of carbonyl (C=O) groups is 1. The highest BCUT2D eigenvalue weighted by Gasteiger charge is 2.23. The van der Waals surface area contributed by atoms with Gasteiger partial charge < -0.3 is 9.47 Å². The molecule has 1 aromatic carbocycles.